The molecule has 5 nitrogen and oxygen atoms in total. The molecule has 2 amide bonds. The number of hydrogen-bond acceptors (Lipinski definition) is 3. The number of halogens is 1. The molecule has 1 heterocycles. The van der Waals surface area contributed by atoms with Crippen LogP contribution in [-0.2, 0) is 0 Å². The van der Waals surface area contributed by atoms with E-state index in [9.17, 15) is 4.79 Å². The number of nitrogens with one attached hydrogen (secondary N) is 2. The summed E-state index contributed by atoms with van der Waals surface area (Å²) in [6.07, 6.45) is 3.46. The van der Waals surface area contributed by atoms with Gasteiger partial charge in [-0.05, 0) is 44.3 Å². The second-order valence-corrected chi connectivity index (χ2v) is 6.27. The predicted molar refractivity (Wildman–Crippen MR) is 97.1 cm³/mol. The molecule has 0 bridgehead atoms. The quantitative estimate of drug-likeness (QED) is 0.842. The molecular weight excluding hydrogens is 324 g/mol. The minimum atomic E-state index is -0.217. The number of amides is 2. The second-order valence-electron chi connectivity index (χ2n) is 5.86. The molecule has 24 heavy (non-hydrogen) atoms. The smallest absolute Gasteiger partial charge is 0.315 e. The molecular formula is C18H23ClN4O. The van der Waals surface area contributed by atoms with Gasteiger partial charge in [-0.25, -0.2) is 4.79 Å². The van der Waals surface area contributed by atoms with E-state index in [2.05, 4.69) is 15.6 Å². The molecule has 0 aliphatic rings. The Hall–Kier alpha value is -2.11. The van der Waals surface area contributed by atoms with E-state index in [1.54, 1.807) is 12.4 Å². The van der Waals surface area contributed by atoms with Crippen molar-refractivity contribution in [2.75, 3.05) is 20.6 Å². The van der Waals surface area contributed by atoms with Gasteiger partial charge in [0, 0.05) is 24.0 Å². The third-order valence-electron chi connectivity index (χ3n) is 3.88. The normalized spacial score (nSPS) is 13.4. The summed E-state index contributed by atoms with van der Waals surface area (Å²) in [4.78, 5) is 18.3. The lowest BCUT2D eigenvalue weighted by Gasteiger charge is -2.26. The van der Waals surface area contributed by atoms with Crippen molar-refractivity contribution in [1.82, 2.24) is 20.5 Å². The van der Waals surface area contributed by atoms with Gasteiger partial charge in [-0.15, -0.1) is 0 Å². The Kier molecular flexibility index (Phi) is 6.58. The topological polar surface area (TPSA) is 57.3 Å². The fourth-order valence-corrected chi connectivity index (χ4v) is 2.73. The number of nitrogens with zero attached hydrogens (tertiary/aromatic N) is 2. The highest BCUT2D eigenvalue weighted by molar-refractivity contribution is 6.31. The molecule has 0 radical (unpaired) electrons. The van der Waals surface area contributed by atoms with Gasteiger partial charge < -0.3 is 15.5 Å². The van der Waals surface area contributed by atoms with Gasteiger partial charge in [0.1, 0.15) is 0 Å². The Balaban J connectivity index is 1.95. The van der Waals surface area contributed by atoms with Crippen molar-refractivity contribution in [3.63, 3.8) is 0 Å². The van der Waals surface area contributed by atoms with E-state index in [0.717, 1.165) is 11.1 Å². The molecule has 2 N–H and O–H groups in total. The number of urea groups is 1. The minimum Gasteiger partial charge on any atom is -0.336 e. The number of rotatable bonds is 6. The van der Waals surface area contributed by atoms with Crippen LogP contribution in [0, 0.1) is 0 Å². The average molecular weight is 347 g/mol. The maximum Gasteiger partial charge on any atom is 0.315 e. The maximum atomic E-state index is 12.2. The molecule has 0 saturated heterocycles. The number of carbonyl (C=O) groups excluding carboxylic acids is 1. The molecule has 0 aliphatic carbocycles. The number of benzene rings is 1. The molecule has 1 aromatic carbocycles. The molecule has 128 valence electrons. The fourth-order valence-electron chi connectivity index (χ4n) is 2.47. The summed E-state index contributed by atoms with van der Waals surface area (Å²) < 4.78 is 0. The summed E-state index contributed by atoms with van der Waals surface area (Å²) in [5.74, 6) is 0. The van der Waals surface area contributed by atoms with Crippen molar-refractivity contribution in [1.29, 1.82) is 0 Å². The predicted octanol–water partition coefficient (Wildman–Crippen LogP) is 3.40. The van der Waals surface area contributed by atoms with Gasteiger partial charge in [0.15, 0.2) is 0 Å². The van der Waals surface area contributed by atoms with E-state index < -0.39 is 0 Å². The van der Waals surface area contributed by atoms with Crippen molar-refractivity contribution >= 4 is 17.6 Å². The first-order valence-corrected chi connectivity index (χ1v) is 8.22. The van der Waals surface area contributed by atoms with Crippen LogP contribution in [0.5, 0.6) is 0 Å². The molecule has 1 aromatic heterocycles. The highest BCUT2D eigenvalue weighted by atomic mass is 35.5. The third kappa shape index (κ3) is 4.94. The molecule has 2 rings (SSSR count). The zero-order valence-corrected chi connectivity index (χ0v) is 14.9. The second kappa shape index (κ2) is 8.66. The number of hydrogen-bond donors (Lipinski definition) is 2. The van der Waals surface area contributed by atoms with Crippen molar-refractivity contribution in [2.45, 2.75) is 19.0 Å². The Labute approximate surface area is 148 Å². The summed E-state index contributed by atoms with van der Waals surface area (Å²) in [5.41, 5.74) is 1.95. The zero-order chi connectivity index (χ0) is 17.5. The first kappa shape index (κ1) is 18.2. The fraction of sp³-hybridized carbons (Fsp3) is 0.333. The summed E-state index contributed by atoms with van der Waals surface area (Å²) in [7, 11) is 3.93. The average Bonchev–Trinajstić information content (AvgIpc) is 2.57. The summed E-state index contributed by atoms with van der Waals surface area (Å²) in [6, 6.07) is 11.1. The number of carbonyl (C=O) groups is 1. The zero-order valence-electron chi connectivity index (χ0n) is 14.2. The number of aromatic nitrogens is 1. The van der Waals surface area contributed by atoms with E-state index in [4.69, 9.17) is 11.6 Å². The van der Waals surface area contributed by atoms with Crippen molar-refractivity contribution in [2.24, 2.45) is 0 Å². The highest BCUT2D eigenvalue weighted by Crippen LogP contribution is 2.25. The Bertz CT molecular complexity index is 663. The maximum absolute atomic E-state index is 12.2. The molecule has 0 aliphatic heterocycles. The standard InChI is InChI=1S/C18H23ClN4O/c1-13(14-7-6-10-20-11-14)22-18(24)21-12-17(23(2)3)15-8-4-5-9-16(15)19/h4-11,13,17H,12H2,1-3H3,(H2,21,22,24). The highest BCUT2D eigenvalue weighted by Gasteiger charge is 2.18. The Morgan fingerprint density at radius 2 is 2.00 bits per heavy atom. The molecule has 2 atom stereocenters. The van der Waals surface area contributed by atoms with E-state index in [1.165, 1.54) is 0 Å². The van der Waals surface area contributed by atoms with Crippen molar-refractivity contribution in [3.05, 3.63) is 64.9 Å². The molecule has 0 spiro atoms. The van der Waals surface area contributed by atoms with Gasteiger partial charge in [-0.1, -0.05) is 35.9 Å². The lowest BCUT2D eigenvalue weighted by molar-refractivity contribution is 0.230. The van der Waals surface area contributed by atoms with Crippen molar-refractivity contribution < 1.29 is 4.79 Å². The van der Waals surface area contributed by atoms with Crippen LogP contribution in [0.4, 0.5) is 4.79 Å². The molecule has 2 aromatic rings. The monoisotopic (exact) mass is 346 g/mol. The Morgan fingerprint density at radius 3 is 2.62 bits per heavy atom. The first-order chi connectivity index (χ1) is 11.5. The van der Waals surface area contributed by atoms with Crippen LogP contribution in [0.15, 0.2) is 48.8 Å². The van der Waals surface area contributed by atoms with Gasteiger partial charge in [0.25, 0.3) is 0 Å². The lowest BCUT2D eigenvalue weighted by Crippen LogP contribution is -2.41. The van der Waals surface area contributed by atoms with Gasteiger partial charge in [-0.3, -0.25) is 4.98 Å². The minimum absolute atomic E-state index is 0.00171. The van der Waals surface area contributed by atoms with E-state index in [0.29, 0.717) is 11.6 Å². The van der Waals surface area contributed by atoms with Crippen molar-refractivity contribution in [3.8, 4) is 0 Å². The summed E-state index contributed by atoms with van der Waals surface area (Å²) in [5, 5.41) is 6.53. The van der Waals surface area contributed by atoms with E-state index >= 15 is 0 Å². The largest absolute Gasteiger partial charge is 0.336 e. The van der Waals surface area contributed by atoms with Crippen LogP contribution in [-0.4, -0.2) is 36.6 Å². The van der Waals surface area contributed by atoms with Gasteiger partial charge in [0.05, 0.1) is 12.1 Å². The summed E-state index contributed by atoms with van der Waals surface area (Å²) >= 11 is 6.28. The van der Waals surface area contributed by atoms with Crippen LogP contribution < -0.4 is 10.6 Å². The lowest BCUT2D eigenvalue weighted by atomic mass is 10.1. The van der Waals surface area contributed by atoms with Crippen LogP contribution >= 0.6 is 11.6 Å². The van der Waals surface area contributed by atoms with Gasteiger partial charge in [0.2, 0.25) is 0 Å². The van der Waals surface area contributed by atoms with Gasteiger partial charge in [-0.2, -0.15) is 0 Å². The van der Waals surface area contributed by atoms with Crippen LogP contribution in [0.3, 0.4) is 0 Å². The number of pyridine rings is 1. The van der Waals surface area contributed by atoms with E-state index in [-0.39, 0.29) is 18.1 Å². The van der Waals surface area contributed by atoms with Gasteiger partial charge >= 0.3 is 6.03 Å². The third-order valence-corrected chi connectivity index (χ3v) is 4.22. The SMILES string of the molecule is CC(NC(=O)NCC(c1ccccc1Cl)N(C)C)c1cccnc1. The first-order valence-electron chi connectivity index (χ1n) is 7.84. The molecule has 2 unspecified atom stereocenters. The number of likely N-dealkylation sites (N-methyl/N-ethyl adjacent to an activating group) is 1. The molecule has 0 saturated carbocycles. The summed E-state index contributed by atoms with van der Waals surface area (Å²) in [6.45, 7) is 2.39. The molecule has 0 fully saturated rings. The van der Waals surface area contributed by atoms with Crippen LogP contribution in [0.25, 0.3) is 0 Å². The van der Waals surface area contributed by atoms with E-state index in [1.807, 2.05) is 62.3 Å². The van der Waals surface area contributed by atoms with Crippen LogP contribution in [0.2, 0.25) is 5.02 Å². The Morgan fingerprint density at radius 1 is 1.25 bits per heavy atom. The molecule has 6 heteroatoms. The van der Waals surface area contributed by atoms with Crippen LogP contribution in [0.1, 0.15) is 30.1 Å².